The van der Waals surface area contributed by atoms with Gasteiger partial charge in [-0.15, -0.1) is 0 Å². The Kier molecular flexibility index (Phi) is 10.6. The zero-order valence-electron chi connectivity index (χ0n) is 19.1. The topological polar surface area (TPSA) is 139 Å². The molecule has 2 N–H and O–H groups in total. The summed E-state index contributed by atoms with van der Waals surface area (Å²) >= 11 is 0. The number of amides is 1. The summed E-state index contributed by atoms with van der Waals surface area (Å²) in [5, 5.41) is 12.5. The van der Waals surface area contributed by atoms with Crippen LogP contribution in [0.1, 0.15) is 32.8 Å². The van der Waals surface area contributed by atoms with Crippen molar-refractivity contribution in [2.45, 2.75) is 51.3 Å². The highest BCUT2D eigenvalue weighted by Crippen LogP contribution is 2.18. The summed E-state index contributed by atoms with van der Waals surface area (Å²) in [6, 6.07) is 7.43. The van der Waals surface area contributed by atoms with Crippen LogP contribution in [-0.4, -0.2) is 82.3 Å². The molecule has 0 aliphatic carbocycles. The van der Waals surface area contributed by atoms with Gasteiger partial charge in [0.25, 0.3) is 10.1 Å². The first-order valence-corrected chi connectivity index (χ1v) is 13.7. The number of aryl methyl sites for hydroxylation is 1. The van der Waals surface area contributed by atoms with Gasteiger partial charge in [-0.1, -0.05) is 30.3 Å². The van der Waals surface area contributed by atoms with Gasteiger partial charge in [-0.3, -0.25) is 4.18 Å². The third-order valence-corrected chi connectivity index (χ3v) is 6.24. The van der Waals surface area contributed by atoms with Gasteiger partial charge in [0.2, 0.25) is 10.0 Å². The van der Waals surface area contributed by atoms with Crippen LogP contribution in [0.2, 0.25) is 0 Å². The van der Waals surface area contributed by atoms with Crippen molar-refractivity contribution in [3.8, 4) is 0 Å². The fourth-order valence-corrected chi connectivity index (χ4v) is 4.61. The van der Waals surface area contributed by atoms with E-state index in [1.165, 1.54) is 0 Å². The van der Waals surface area contributed by atoms with Gasteiger partial charge >= 0.3 is 6.09 Å². The Morgan fingerprint density at radius 2 is 1.72 bits per heavy atom. The van der Waals surface area contributed by atoms with E-state index in [1.807, 2.05) is 30.3 Å². The molecule has 0 saturated carbocycles. The minimum Gasteiger partial charge on any atom is -0.444 e. The molecule has 0 bridgehead atoms. The fourth-order valence-electron chi connectivity index (χ4n) is 3.08. The summed E-state index contributed by atoms with van der Waals surface area (Å²) in [6.45, 7) is 3.80. The van der Waals surface area contributed by atoms with E-state index < -0.39 is 57.1 Å². The zero-order valence-corrected chi connectivity index (χ0v) is 20.8. The van der Waals surface area contributed by atoms with E-state index in [9.17, 15) is 26.7 Å². The third kappa shape index (κ3) is 11.2. The first-order chi connectivity index (χ1) is 14.6. The number of rotatable bonds is 12. The predicted molar refractivity (Wildman–Crippen MR) is 121 cm³/mol. The van der Waals surface area contributed by atoms with Crippen molar-refractivity contribution in [3.05, 3.63) is 35.9 Å². The van der Waals surface area contributed by atoms with Crippen LogP contribution in [0.15, 0.2) is 30.3 Å². The number of nitrogens with one attached hydrogen (secondary N) is 1. The van der Waals surface area contributed by atoms with Crippen LogP contribution in [-0.2, 0) is 35.5 Å². The maximum atomic E-state index is 12.6. The SMILES string of the molecule is CC(C)(C)OC(=O)N[C@@H](CO)[C@@H](CCc1ccccc1)N(CCOS(C)(=O)=O)S(C)(=O)=O. The van der Waals surface area contributed by atoms with Gasteiger partial charge in [0, 0.05) is 12.6 Å². The molecule has 1 aromatic carbocycles. The van der Waals surface area contributed by atoms with E-state index in [2.05, 4.69) is 5.32 Å². The molecule has 0 radical (unpaired) electrons. The standard InChI is InChI=1S/C20H34N2O8S2/c1-20(2,3)30-19(24)21-17(15-23)18(12-11-16-9-7-6-8-10-16)22(31(4,25)26)13-14-29-32(5,27)28/h6-10,17-18,23H,11-15H2,1-5H3,(H,21,24)/t17-,18+/m0/s1. The molecular formula is C20H34N2O8S2. The van der Waals surface area contributed by atoms with E-state index in [1.54, 1.807) is 20.8 Å². The molecule has 1 rings (SSSR count). The largest absolute Gasteiger partial charge is 0.444 e. The molecule has 0 unspecified atom stereocenters. The quantitative estimate of drug-likeness (QED) is 0.412. The van der Waals surface area contributed by atoms with Gasteiger partial charge in [0.05, 0.1) is 31.8 Å². The van der Waals surface area contributed by atoms with Crippen LogP contribution < -0.4 is 5.32 Å². The molecule has 0 aliphatic heterocycles. The lowest BCUT2D eigenvalue weighted by molar-refractivity contribution is 0.0439. The lowest BCUT2D eigenvalue weighted by atomic mass is 9.99. The minimum absolute atomic E-state index is 0.247. The molecule has 184 valence electrons. The number of ether oxygens (including phenoxy) is 1. The molecule has 0 aromatic heterocycles. The lowest BCUT2D eigenvalue weighted by Crippen LogP contribution is -2.56. The molecule has 0 fully saturated rings. The second kappa shape index (κ2) is 11.9. The summed E-state index contributed by atoms with van der Waals surface area (Å²) in [4.78, 5) is 12.3. The Labute approximate surface area is 191 Å². The highest BCUT2D eigenvalue weighted by Gasteiger charge is 2.34. The molecule has 0 heterocycles. The van der Waals surface area contributed by atoms with Gasteiger partial charge < -0.3 is 15.2 Å². The molecule has 12 heteroatoms. The summed E-state index contributed by atoms with van der Waals surface area (Å²) < 4.78 is 58.8. The molecule has 0 spiro atoms. The summed E-state index contributed by atoms with van der Waals surface area (Å²) in [6.07, 6.45) is 1.74. The lowest BCUT2D eigenvalue weighted by Gasteiger charge is -2.35. The highest BCUT2D eigenvalue weighted by molar-refractivity contribution is 7.88. The smallest absolute Gasteiger partial charge is 0.408 e. The Hall–Kier alpha value is -1.73. The molecule has 0 saturated heterocycles. The van der Waals surface area contributed by atoms with Gasteiger partial charge in [-0.05, 0) is 39.2 Å². The van der Waals surface area contributed by atoms with E-state index in [-0.39, 0.29) is 13.0 Å². The first kappa shape index (κ1) is 28.3. The highest BCUT2D eigenvalue weighted by atomic mass is 32.2. The molecule has 10 nitrogen and oxygen atoms in total. The second-order valence-electron chi connectivity index (χ2n) is 8.43. The average Bonchev–Trinajstić information content (AvgIpc) is 2.63. The number of carbonyl (C=O) groups is 1. The van der Waals surface area contributed by atoms with Crippen molar-refractivity contribution in [3.63, 3.8) is 0 Å². The fraction of sp³-hybridized carbons (Fsp3) is 0.650. The zero-order chi connectivity index (χ0) is 24.6. The minimum atomic E-state index is -3.86. The summed E-state index contributed by atoms with van der Waals surface area (Å²) in [5.74, 6) is 0. The summed E-state index contributed by atoms with van der Waals surface area (Å²) in [5.41, 5.74) is 0.149. The van der Waals surface area contributed by atoms with Crippen molar-refractivity contribution in [2.24, 2.45) is 0 Å². The number of nitrogens with zero attached hydrogens (tertiary/aromatic N) is 1. The maximum absolute atomic E-state index is 12.6. The van der Waals surface area contributed by atoms with Crippen LogP contribution >= 0.6 is 0 Å². The molecular weight excluding hydrogens is 460 g/mol. The number of alkyl carbamates (subject to hydrolysis) is 1. The van der Waals surface area contributed by atoms with Crippen LogP contribution in [0.3, 0.4) is 0 Å². The van der Waals surface area contributed by atoms with E-state index >= 15 is 0 Å². The van der Waals surface area contributed by atoms with Crippen molar-refractivity contribution in [2.75, 3.05) is 32.3 Å². The molecule has 1 amide bonds. The number of hydrogen-bond donors (Lipinski definition) is 2. The van der Waals surface area contributed by atoms with Crippen molar-refractivity contribution < 1.29 is 35.7 Å². The monoisotopic (exact) mass is 494 g/mol. The number of sulfonamides is 1. The summed E-state index contributed by atoms with van der Waals surface area (Å²) in [7, 11) is -7.63. The van der Waals surface area contributed by atoms with Crippen LogP contribution in [0.5, 0.6) is 0 Å². The Morgan fingerprint density at radius 3 is 2.19 bits per heavy atom. The Morgan fingerprint density at radius 1 is 1.12 bits per heavy atom. The van der Waals surface area contributed by atoms with Crippen molar-refractivity contribution in [1.29, 1.82) is 0 Å². The van der Waals surface area contributed by atoms with Crippen molar-refractivity contribution >= 4 is 26.2 Å². The van der Waals surface area contributed by atoms with E-state index in [0.717, 1.165) is 22.4 Å². The van der Waals surface area contributed by atoms with E-state index in [4.69, 9.17) is 8.92 Å². The van der Waals surface area contributed by atoms with Gasteiger partial charge in [-0.2, -0.15) is 12.7 Å². The molecule has 2 atom stereocenters. The van der Waals surface area contributed by atoms with Gasteiger partial charge in [0.15, 0.2) is 0 Å². The van der Waals surface area contributed by atoms with Gasteiger partial charge in [-0.25, -0.2) is 13.2 Å². The molecule has 1 aromatic rings. The van der Waals surface area contributed by atoms with Crippen molar-refractivity contribution in [1.82, 2.24) is 9.62 Å². The molecule has 0 aliphatic rings. The number of carbonyl (C=O) groups excluding carboxylic acids is 1. The Balaban J connectivity index is 3.18. The predicted octanol–water partition coefficient (Wildman–Crippen LogP) is 1.11. The normalized spacial score (nSPS) is 14.7. The van der Waals surface area contributed by atoms with Crippen LogP contribution in [0, 0.1) is 0 Å². The van der Waals surface area contributed by atoms with Gasteiger partial charge in [0.1, 0.15) is 5.60 Å². The number of hydrogen-bond acceptors (Lipinski definition) is 8. The average molecular weight is 495 g/mol. The molecule has 32 heavy (non-hydrogen) atoms. The maximum Gasteiger partial charge on any atom is 0.408 e. The number of aliphatic hydroxyl groups excluding tert-OH is 1. The number of aliphatic hydroxyl groups is 1. The second-order valence-corrected chi connectivity index (χ2v) is 12.0. The third-order valence-electron chi connectivity index (χ3n) is 4.34. The van der Waals surface area contributed by atoms with E-state index in [0.29, 0.717) is 6.42 Å². The van der Waals surface area contributed by atoms with Crippen LogP contribution in [0.4, 0.5) is 4.79 Å². The Bertz CT molecular complexity index is 928. The number of benzene rings is 1. The van der Waals surface area contributed by atoms with Crippen LogP contribution in [0.25, 0.3) is 0 Å². The first-order valence-electron chi connectivity index (χ1n) is 10.1.